The van der Waals surface area contributed by atoms with Gasteiger partial charge in [0.2, 0.25) is 0 Å². The Kier molecular flexibility index (Phi) is 6.98. The van der Waals surface area contributed by atoms with E-state index >= 15 is 0 Å². The topological polar surface area (TPSA) is 84.7 Å². The van der Waals surface area contributed by atoms with Crippen molar-refractivity contribution in [2.75, 3.05) is 13.2 Å². The number of nitrogens with zero attached hydrogens (tertiary/aromatic N) is 3. The molecule has 0 spiro atoms. The minimum atomic E-state index is -0.867. The molecule has 0 unspecified atom stereocenters. The number of ketones is 1. The van der Waals surface area contributed by atoms with E-state index in [1.807, 2.05) is 11.5 Å². The standard InChI is InChI=1S/C25H23ClFN3O4/c1-2-34-20-9-6-17(14-19(20)26)23(31)21-22(16-4-7-18(27)8-5-16)30(25(33)24(21)32)12-3-11-29-13-10-28-15-29/h4-10,13-15,22,31H,2-3,11-12H2,1H3/b23-21+/t22-/m0/s1. The lowest BCUT2D eigenvalue weighted by Gasteiger charge is -2.25. The van der Waals surface area contributed by atoms with Crippen LogP contribution in [0, 0.1) is 5.82 Å². The molecule has 1 amide bonds. The number of hydrogen-bond donors (Lipinski definition) is 1. The van der Waals surface area contributed by atoms with E-state index in [-0.39, 0.29) is 28.5 Å². The summed E-state index contributed by atoms with van der Waals surface area (Å²) in [5, 5.41) is 11.4. The number of likely N-dealkylation sites (tertiary alicyclic amines) is 1. The lowest BCUT2D eigenvalue weighted by Crippen LogP contribution is -2.31. The Balaban J connectivity index is 1.73. The van der Waals surface area contributed by atoms with Crippen molar-refractivity contribution in [3.8, 4) is 5.75 Å². The summed E-state index contributed by atoms with van der Waals surface area (Å²) in [5.41, 5.74) is 0.721. The van der Waals surface area contributed by atoms with Crippen LogP contribution in [0.4, 0.5) is 4.39 Å². The van der Waals surface area contributed by atoms with Gasteiger partial charge in [0.25, 0.3) is 11.7 Å². The first kappa shape index (κ1) is 23.5. The van der Waals surface area contributed by atoms with Crippen LogP contribution in [0.5, 0.6) is 5.75 Å². The quantitative estimate of drug-likeness (QED) is 0.288. The van der Waals surface area contributed by atoms with E-state index in [4.69, 9.17) is 16.3 Å². The summed E-state index contributed by atoms with van der Waals surface area (Å²) in [4.78, 5) is 31.5. The lowest BCUT2D eigenvalue weighted by atomic mass is 9.95. The van der Waals surface area contributed by atoms with Crippen LogP contribution in [-0.2, 0) is 16.1 Å². The normalized spacial score (nSPS) is 17.4. The maximum absolute atomic E-state index is 13.6. The number of rotatable bonds is 8. The molecule has 7 nitrogen and oxygen atoms in total. The van der Waals surface area contributed by atoms with Gasteiger partial charge in [-0.15, -0.1) is 0 Å². The zero-order valence-corrected chi connectivity index (χ0v) is 19.2. The van der Waals surface area contributed by atoms with E-state index in [0.29, 0.717) is 30.9 Å². The number of imidazole rings is 1. The number of aryl methyl sites for hydroxylation is 1. The summed E-state index contributed by atoms with van der Waals surface area (Å²) in [7, 11) is 0. The summed E-state index contributed by atoms with van der Waals surface area (Å²) < 4.78 is 20.9. The fraction of sp³-hybridized carbons (Fsp3) is 0.240. The molecule has 0 radical (unpaired) electrons. The van der Waals surface area contributed by atoms with E-state index in [1.54, 1.807) is 30.9 Å². The lowest BCUT2D eigenvalue weighted by molar-refractivity contribution is -0.139. The first-order chi connectivity index (χ1) is 16.4. The highest BCUT2D eigenvalue weighted by Gasteiger charge is 2.45. The van der Waals surface area contributed by atoms with Gasteiger partial charge in [0, 0.05) is 31.0 Å². The summed E-state index contributed by atoms with van der Waals surface area (Å²) in [6, 6.07) is 9.31. The maximum Gasteiger partial charge on any atom is 0.295 e. The third kappa shape index (κ3) is 4.68. The minimum absolute atomic E-state index is 0.0699. The van der Waals surface area contributed by atoms with Gasteiger partial charge >= 0.3 is 0 Å². The molecule has 2 aromatic carbocycles. The van der Waals surface area contributed by atoms with Crippen molar-refractivity contribution in [1.29, 1.82) is 0 Å². The zero-order valence-electron chi connectivity index (χ0n) is 18.4. The van der Waals surface area contributed by atoms with Crippen LogP contribution >= 0.6 is 11.6 Å². The van der Waals surface area contributed by atoms with Gasteiger partial charge in [-0.05, 0) is 49.2 Å². The predicted octanol–water partition coefficient (Wildman–Crippen LogP) is 4.59. The molecule has 1 fully saturated rings. The van der Waals surface area contributed by atoms with Crippen molar-refractivity contribution < 1.29 is 23.8 Å². The largest absolute Gasteiger partial charge is 0.507 e. The van der Waals surface area contributed by atoms with Gasteiger partial charge in [-0.2, -0.15) is 0 Å². The highest BCUT2D eigenvalue weighted by Crippen LogP contribution is 2.40. The Morgan fingerprint density at radius 1 is 1.18 bits per heavy atom. The molecule has 1 aliphatic rings. The summed E-state index contributed by atoms with van der Waals surface area (Å²) in [6.45, 7) is 3.08. The molecule has 3 aromatic rings. The Morgan fingerprint density at radius 2 is 1.94 bits per heavy atom. The highest BCUT2D eigenvalue weighted by molar-refractivity contribution is 6.46. The minimum Gasteiger partial charge on any atom is -0.507 e. The summed E-state index contributed by atoms with van der Waals surface area (Å²) >= 11 is 6.27. The highest BCUT2D eigenvalue weighted by atomic mass is 35.5. The van der Waals surface area contributed by atoms with Crippen molar-refractivity contribution in [1.82, 2.24) is 14.5 Å². The number of aromatic nitrogens is 2. The average Bonchev–Trinajstić information content (AvgIpc) is 3.43. The van der Waals surface area contributed by atoms with Crippen LogP contribution in [0.15, 0.2) is 66.8 Å². The van der Waals surface area contributed by atoms with Crippen LogP contribution in [-0.4, -0.2) is 44.4 Å². The first-order valence-corrected chi connectivity index (χ1v) is 11.2. The Bertz CT molecular complexity index is 1230. The summed E-state index contributed by atoms with van der Waals surface area (Å²) in [5.74, 6) is -1.89. The van der Waals surface area contributed by atoms with Gasteiger partial charge in [0.1, 0.15) is 17.3 Å². The Morgan fingerprint density at radius 3 is 2.59 bits per heavy atom. The fourth-order valence-electron chi connectivity index (χ4n) is 4.02. The van der Waals surface area contributed by atoms with Gasteiger partial charge in [0.05, 0.1) is 29.6 Å². The van der Waals surface area contributed by atoms with Crippen molar-refractivity contribution in [2.45, 2.75) is 25.9 Å². The Hall–Kier alpha value is -3.65. The Labute approximate surface area is 201 Å². The van der Waals surface area contributed by atoms with E-state index in [1.165, 1.54) is 35.2 Å². The van der Waals surface area contributed by atoms with Crippen LogP contribution in [0.2, 0.25) is 5.02 Å². The van der Waals surface area contributed by atoms with Crippen molar-refractivity contribution in [3.05, 3.63) is 88.7 Å². The van der Waals surface area contributed by atoms with E-state index in [9.17, 15) is 19.1 Å². The van der Waals surface area contributed by atoms with Crippen molar-refractivity contribution >= 4 is 29.1 Å². The summed E-state index contributed by atoms with van der Waals surface area (Å²) in [6.07, 6.45) is 5.69. The molecule has 1 atom stereocenters. The number of benzene rings is 2. The number of Topliss-reactive ketones (excluding diaryl/α,β-unsaturated/α-hetero) is 1. The van der Waals surface area contributed by atoms with Crippen molar-refractivity contribution in [2.24, 2.45) is 0 Å². The SMILES string of the molecule is CCOc1ccc(/C(O)=C2\C(=O)C(=O)N(CCCn3ccnc3)[C@H]2c2ccc(F)cc2)cc1Cl. The second kappa shape index (κ2) is 10.1. The molecule has 4 rings (SSSR count). The number of carbonyl (C=O) groups is 2. The van der Waals surface area contributed by atoms with Crippen LogP contribution in [0.1, 0.15) is 30.5 Å². The monoisotopic (exact) mass is 483 g/mol. The third-order valence-corrected chi connectivity index (χ3v) is 5.90. The molecule has 2 heterocycles. The van der Waals surface area contributed by atoms with Crippen molar-refractivity contribution in [3.63, 3.8) is 0 Å². The fourth-order valence-corrected chi connectivity index (χ4v) is 4.26. The van der Waals surface area contributed by atoms with Crippen LogP contribution < -0.4 is 4.74 Å². The molecule has 0 saturated carbocycles. The van der Waals surface area contributed by atoms with Gasteiger partial charge in [-0.1, -0.05) is 23.7 Å². The molecular formula is C25H23ClFN3O4. The van der Waals surface area contributed by atoms with Gasteiger partial charge in [-0.3, -0.25) is 9.59 Å². The van der Waals surface area contributed by atoms with E-state index in [2.05, 4.69) is 4.98 Å². The molecule has 9 heteroatoms. The smallest absolute Gasteiger partial charge is 0.295 e. The third-order valence-electron chi connectivity index (χ3n) is 5.61. The molecule has 176 valence electrons. The number of aliphatic hydroxyl groups is 1. The molecule has 1 aliphatic heterocycles. The van der Waals surface area contributed by atoms with Gasteiger partial charge in [-0.25, -0.2) is 9.37 Å². The van der Waals surface area contributed by atoms with Gasteiger partial charge < -0.3 is 19.3 Å². The molecule has 1 N–H and O–H groups in total. The molecular weight excluding hydrogens is 461 g/mol. The number of amides is 1. The molecule has 1 aromatic heterocycles. The number of carbonyl (C=O) groups excluding carboxylic acids is 2. The zero-order chi connectivity index (χ0) is 24.2. The second-order valence-electron chi connectivity index (χ2n) is 7.78. The number of halogens is 2. The van der Waals surface area contributed by atoms with Crippen LogP contribution in [0.25, 0.3) is 5.76 Å². The molecule has 34 heavy (non-hydrogen) atoms. The molecule has 1 saturated heterocycles. The maximum atomic E-state index is 13.6. The van der Waals surface area contributed by atoms with Crippen LogP contribution in [0.3, 0.4) is 0 Å². The molecule has 0 aliphatic carbocycles. The average molecular weight is 484 g/mol. The van der Waals surface area contributed by atoms with Gasteiger partial charge in [0.15, 0.2) is 0 Å². The number of hydrogen-bond acceptors (Lipinski definition) is 5. The first-order valence-electron chi connectivity index (χ1n) is 10.8. The second-order valence-corrected chi connectivity index (χ2v) is 8.18. The van der Waals surface area contributed by atoms with E-state index < -0.39 is 23.5 Å². The van der Waals surface area contributed by atoms with E-state index in [0.717, 1.165) is 0 Å². The molecule has 0 bridgehead atoms. The predicted molar refractivity (Wildman–Crippen MR) is 125 cm³/mol. The number of ether oxygens (including phenoxy) is 1. The number of aliphatic hydroxyl groups excluding tert-OH is 1.